The Morgan fingerprint density at radius 3 is 2.19 bits per heavy atom. The summed E-state index contributed by atoms with van der Waals surface area (Å²) in [6, 6.07) is 11.0. The molecule has 0 aliphatic carbocycles. The molecule has 2 fully saturated rings. The maximum atomic E-state index is 14.4. The summed E-state index contributed by atoms with van der Waals surface area (Å²) in [5.74, 6) is -2.38. The summed E-state index contributed by atoms with van der Waals surface area (Å²) < 4.78 is 55.9. The number of halogens is 4. The molecule has 37 heavy (non-hydrogen) atoms. The number of likely N-dealkylation sites (tertiary alicyclic amines) is 2. The highest BCUT2D eigenvalue weighted by molar-refractivity contribution is 5.94. The topological polar surface area (TPSA) is 76.1 Å². The molecule has 0 aromatic heterocycles. The van der Waals surface area contributed by atoms with Crippen molar-refractivity contribution in [2.75, 3.05) is 45.6 Å². The first-order chi connectivity index (χ1) is 17.4. The normalized spacial score (nSPS) is 19.2. The molecule has 0 saturated carbocycles. The number of nitrogens with one attached hydrogen (secondary N) is 1. The summed E-state index contributed by atoms with van der Waals surface area (Å²) in [5, 5.41) is 13.8. The van der Waals surface area contributed by atoms with Gasteiger partial charge in [-0.05, 0) is 31.0 Å². The second kappa shape index (κ2) is 10.3. The fourth-order valence-corrected chi connectivity index (χ4v) is 4.91. The van der Waals surface area contributed by atoms with Crippen LogP contribution in [0.5, 0.6) is 0 Å². The Hall–Kier alpha value is -3.18. The smallest absolute Gasteiger partial charge is 0.380 e. The molecule has 0 radical (unpaired) electrons. The van der Waals surface area contributed by atoms with E-state index < -0.39 is 35.0 Å². The van der Waals surface area contributed by atoms with Crippen LogP contribution in [0.25, 0.3) is 0 Å². The van der Waals surface area contributed by atoms with Crippen molar-refractivity contribution in [3.8, 4) is 0 Å². The second-order valence-electron chi connectivity index (χ2n) is 9.79. The molecule has 0 bridgehead atoms. The third-order valence-electron chi connectivity index (χ3n) is 7.07. The molecule has 2 aromatic rings. The molecule has 2 N–H and O–H groups in total. The van der Waals surface area contributed by atoms with Crippen molar-refractivity contribution in [2.24, 2.45) is 0 Å². The Labute approximate surface area is 212 Å². The fourth-order valence-electron chi connectivity index (χ4n) is 4.91. The number of nitrogens with zero attached hydrogens (tertiary/aromatic N) is 3. The lowest BCUT2D eigenvalue weighted by Gasteiger charge is -2.48. The van der Waals surface area contributed by atoms with E-state index in [1.54, 1.807) is 20.2 Å². The Balaban J connectivity index is 1.30. The van der Waals surface area contributed by atoms with E-state index in [1.807, 2.05) is 0 Å². The lowest BCUT2D eigenvalue weighted by atomic mass is 9.89. The number of rotatable bonds is 6. The van der Waals surface area contributed by atoms with Gasteiger partial charge in [0.25, 0.3) is 17.4 Å². The first-order valence-corrected chi connectivity index (χ1v) is 12.1. The van der Waals surface area contributed by atoms with Crippen molar-refractivity contribution in [1.82, 2.24) is 14.7 Å². The largest absolute Gasteiger partial charge is 0.430 e. The molecule has 0 unspecified atom stereocenters. The van der Waals surface area contributed by atoms with Crippen LogP contribution in [0.15, 0.2) is 48.5 Å². The number of benzene rings is 2. The lowest BCUT2D eigenvalue weighted by Crippen LogP contribution is -2.62. The molecule has 1 atom stereocenters. The Bertz CT molecular complexity index is 1130. The van der Waals surface area contributed by atoms with E-state index in [1.165, 1.54) is 35.2 Å². The van der Waals surface area contributed by atoms with Crippen molar-refractivity contribution < 1.29 is 32.3 Å². The van der Waals surface area contributed by atoms with Crippen LogP contribution in [0.2, 0.25) is 0 Å². The monoisotopic (exact) mass is 522 g/mol. The maximum Gasteiger partial charge on any atom is 0.430 e. The second-order valence-corrected chi connectivity index (χ2v) is 9.79. The molecule has 2 aliphatic heterocycles. The van der Waals surface area contributed by atoms with Crippen LogP contribution in [0.4, 0.5) is 23.2 Å². The molecule has 11 heteroatoms. The predicted molar refractivity (Wildman–Crippen MR) is 129 cm³/mol. The van der Waals surface area contributed by atoms with E-state index in [-0.39, 0.29) is 30.7 Å². The van der Waals surface area contributed by atoms with Crippen LogP contribution in [0, 0.1) is 5.82 Å². The molecule has 2 aliphatic rings. The summed E-state index contributed by atoms with van der Waals surface area (Å²) in [6.07, 6.45) is -4.19. The maximum absolute atomic E-state index is 14.4. The summed E-state index contributed by atoms with van der Waals surface area (Å²) in [4.78, 5) is 29.4. The Kier molecular flexibility index (Phi) is 7.48. The molecular formula is C26H30F4N4O3. The van der Waals surface area contributed by atoms with E-state index >= 15 is 0 Å². The molecule has 0 spiro atoms. The van der Waals surface area contributed by atoms with E-state index in [4.69, 9.17) is 0 Å². The zero-order valence-electron chi connectivity index (χ0n) is 20.6. The first kappa shape index (κ1) is 26.9. The van der Waals surface area contributed by atoms with Crippen LogP contribution in [0.3, 0.4) is 0 Å². The van der Waals surface area contributed by atoms with Crippen molar-refractivity contribution in [1.29, 1.82) is 0 Å². The van der Waals surface area contributed by atoms with Crippen LogP contribution < -0.4 is 5.32 Å². The van der Waals surface area contributed by atoms with Gasteiger partial charge in [-0.3, -0.25) is 14.5 Å². The molecule has 2 heterocycles. The lowest BCUT2D eigenvalue weighted by molar-refractivity contribution is -0.262. The zero-order valence-corrected chi connectivity index (χ0v) is 20.6. The van der Waals surface area contributed by atoms with Gasteiger partial charge < -0.3 is 20.2 Å². The molecular weight excluding hydrogens is 492 g/mol. The SMILES string of the molecule is CN(C)C(=O)c1ccc(NC2CN(C3CCN(C(=O)[C@@](O)(c4ccccc4)C(F)(F)F)CC3)C2)cc1F. The van der Waals surface area contributed by atoms with E-state index in [0.29, 0.717) is 31.6 Å². The van der Waals surface area contributed by atoms with Crippen LogP contribution in [-0.4, -0.2) is 90.2 Å². The number of amides is 2. The zero-order chi connectivity index (χ0) is 27.0. The third-order valence-corrected chi connectivity index (χ3v) is 7.07. The third kappa shape index (κ3) is 5.28. The Morgan fingerprint density at radius 1 is 1.03 bits per heavy atom. The van der Waals surface area contributed by atoms with Crippen molar-refractivity contribution >= 4 is 17.5 Å². The number of carbonyl (C=O) groups is 2. The molecule has 2 aromatic carbocycles. The van der Waals surface area contributed by atoms with E-state index in [0.717, 1.165) is 17.0 Å². The molecule has 2 saturated heterocycles. The first-order valence-electron chi connectivity index (χ1n) is 12.1. The van der Waals surface area contributed by atoms with Gasteiger partial charge in [0.15, 0.2) is 0 Å². The van der Waals surface area contributed by atoms with E-state index in [9.17, 15) is 32.3 Å². The highest BCUT2D eigenvalue weighted by atomic mass is 19.4. The standard InChI is InChI=1S/C26H30F4N4O3/c1-32(2)23(35)21-9-8-18(14-22(21)27)31-19-15-34(16-19)20-10-12-33(13-11-20)24(36)25(37,26(28,29)30)17-6-4-3-5-7-17/h3-9,14,19-20,31,37H,10-13,15-16H2,1-2H3/t25-/m0/s1. The Morgan fingerprint density at radius 2 is 1.65 bits per heavy atom. The minimum absolute atomic E-state index is 0.00298. The number of hydrogen-bond donors (Lipinski definition) is 2. The highest BCUT2D eigenvalue weighted by Gasteiger charge is 2.62. The van der Waals surface area contributed by atoms with Gasteiger partial charge in [0.05, 0.1) is 11.6 Å². The molecule has 7 nitrogen and oxygen atoms in total. The summed E-state index contributed by atoms with van der Waals surface area (Å²) in [7, 11) is 3.11. The quantitative estimate of drug-likeness (QED) is 0.571. The van der Waals surface area contributed by atoms with Crippen LogP contribution in [0.1, 0.15) is 28.8 Å². The number of piperidine rings is 1. The molecule has 200 valence electrons. The van der Waals surface area contributed by atoms with Gasteiger partial charge >= 0.3 is 6.18 Å². The number of hydrogen-bond acceptors (Lipinski definition) is 5. The van der Waals surface area contributed by atoms with Gasteiger partial charge in [0.2, 0.25) is 0 Å². The average molecular weight is 523 g/mol. The average Bonchev–Trinajstić information content (AvgIpc) is 2.84. The number of aliphatic hydroxyl groups is 1. The highest BCUT2D eigenvalue weighted by Crippen LogP contribution is 2.41. The van der Waals surface area contributed by atoms with Crippen LogP contribution in [-0.2, 0) is 10.4 Å². The van der Waals surface area contributed by atoms with Gasteiger partial charge in [-0.25, -0.2) is 4.39 Å². The number of anilines is 1. The van der Waals surface area contributed by atoms with Gasteiger partial charge in [-0.1, -0.05) is 30.3 Å². The fraction of sp³-hybridized carbons (Fsp3) is 0.462. The summed E-state index contributed by atoms with van der Waals surface area (Å²) >= 11 is 0. The van der Waals surface area contributed by atoms with Crippen molar-refractivity contribution in [2.45, 2.75) is 36.7 Å². The number of alkyl halides is 3. The van der Waals surface area contributed by atoms with Gasteiger partial charge in [-0.15, -0.1) is 0 Å². The van der Waals surface area contributed by atoms with E-state index in [2.05, 4.69) is 10.2 Å². The van der Waals surface area contributed by atoms with Crippen molar-refractivity contribution in [3.63, 3.8) is 0 Å². The van der Waals surface area contributed by atoms with Crippen molar-refractivity contribution in [3.05, 3.63) is 65.5 Å². The minimum Gasteiger partial charge on any atom is -0.380 e. The molecule has 2 amide bonds. The predicted octanol–water partition coefficient (Wildman–Crippen LogP) is 3.06. The molecule has 4 rings (SSSR count). The van der Waals surface area contributed by atoms with Crippen LogP contribution >= 0.6 is 0 Å². The summed E-state index contributed by atoms with van der Waals surface area (Å²) in [6.45, 7) is 1.54. The minimum atomic E-state index is -5.16. The van der Waals surface area contributed by atoms with Gasteiger partial charge in [0.1, 0.15) is 5.82 Å². The number of carbonyl (C=O) groups excluding carboxylic acids is 2. The van der Waals surface area contributed by atoms with Gasteiger partial charge in [0, 0.05) is 57.6 Å². The van der Waals surface area contributed by atoms with Gasteiger partial charge in [-0.2, -0.15) is 13.2 Å². The summed E-state index contributed by atoms with van der Waals surface area (Å²) in [5.41, 5.74) is -3.53.